The lowest BCUT2D eigenvalue weighted by Gasteiger charge is -2.20. The Bertz CT molecular complexity index is 1110. The summed E-state index contributed by atoms with van der Waals surface area (Å²) in [6.07, 6.45) is 0. The quantitative estimate of drug-likeness (QED) is 0.750. The highest BCUT2D eigenvalue weighted by Gasteiger charge is 2.55. The van der Waals surface area contributed by atoms with Crippen LogP contribution in [0.3, 0.4) is 0 Å². The van der Waals surface area contributed by atoms with Gasteiger partial charge >= 0.3 is 0 Å². The Morgan fingerprint density at radius 3 is 2.67 bits per heavy atom. The Balaban J connectivity index is 1.51. The average molecular weight is 434 g/mol. The van der Waals surface area contributed by atoms with Crippen molar-refractivity contribution in [1.82, 2.24) is 5.01 Å². The minimum atomic E-state index is -1.19. The molecule has 1 N–H and O–H groups in total. The van der Waals surface area contributed by atoms with Gasteiger partial charge < -0.3 is 5.32 Å². The van der Waals surface area contributed by atoms with E-state index in [1.54, 1.807) is 25.1 Å². The molecule has 30 heavy (non-hydrogen) atoms. The monoisotopic (exact) mass is 433 g/mol. The first kappa shape index (κ1) is 19.9. The maximum absolute atomic E-state index is 13.6. The summed E-state index contributed by atoms with van der Waals surface area (Å²) >= 11 is 6.04. The van der Waals surface area contributed by atoms with Crippen LogP contribution in [0, 0.1) is 18.6 Å². The number of nitrogens with zero attached hydrogens (tertiary/aromatic N) is 4. The van der Waals surface area contributed by atoms with Crippen LogP contribution in [0.1, 0.15) is 5.56 Å². The molecule has 2 aromatic rings. The van der Waals surface area contributed by atoms with E-state index in [0.29, 0.717) is 16.3 Å². The van der Waals surface area contributed by atoms with Gasteiger partial charge in [0.25, 0.3) is 11.8 Å². The summed E-state index contributed by atoms with van der Waals surface area (Å²) in [7, 11) is 0. The number of carbonyl (C=O) groups is 3. The second kappa shape index (κ2) is 7.45. The number of halogens is 3. The van der Waals surface area contributed by atoms with Crippen molar-refractivity contribution >= 4 is 40.7 Å². The van der Waals surface area contributed by atoms with Gasteiger partial charge in [0.2, 0.25) is 5.91 Å². The molecule has 0 aliphatic carbocycles. The van der Waals surface area contributed by atoms with Crippen molar-refractivity contribution in [3.63, 3.8) is 0 Å². The smallest absolute Gasteiger partial charge is 0.263 e. The Hall–Kier alpha value is -3.40. The summed E-state index contributed by atoms with van der Waals surface area (Å²) in [5.41, 5.74) is 1.05. The van der Waals surface area contributed by atoms with Gasteiger partial charge in [0.15, 0.2) is 23.7 Å². The zero-order valence-electron chi connectivity index (χ0n) is 15.5. The highest BCUT2D eigenvalue weighted by molar-refractivity contribution is 6.31. The fraction of sp³-hybridized carbons (Fsp3) is 0.211. The number of imide groups is 1. The van der Waals surface area contributed by atoms with Crippen LogP contribution >= 0.6 is 11.6 Å². The molecule has 0 spiro atoms. The van der Waals surface area contributed by atoms with Gasteiger partial charge in [0, 0.05) is 16.8 Å². The molecule has 8 nitrogen and oxygen atoms in total. The number of rotatable bonds is 4. The zero-order chi connectivity index (χ0) is 21.6. The van der Waals surface area contributed by atoms with Crippen LogP contribution in [0.15, 0.2) is 46.7 Å². The summed E-state index contributed by atoms with van der Waals surface area (Å²) in [4.78, 5) is 38.6. The molecule has 11 heteroatoms. The van der Waals surface area contributed by atoms with E-state index in [0.717, 1.165) is 28.1 Å². The number of anilines is 2. The van der Waals surface area contributed by atoms with Gasteiger partial charge in [0.05, 0.1) is 5.69 Å². The van der Waals surface area contributed by atoms with Crippen molar-refractivity contribution in [3.8, 4) is 0 Å². The van der Waals surface area contributed by atoms with Crippen molar-refractivity contribution in [3.05, 3.63) is 58.6 Å². The number of hydrogen-bond donors (Lipinski definition) is 1. The average Bonchev–Trinajstić information content (AvgIpc) is 3.21. The first-order valence-electron chi connectivity index (χ1n) is 8.83. The van der Waals surface area contributed by atoms with Gasteiger partial charge in [-0.15, -0.1) is 0 Å². The molecule has 2 heterocycles. The van der Waals surface area contributed by atoms with E-state index in [2.05, 4.69) is 15.7 Å². The molecule has 2 aliphatic heterocycles. The Labute approximate surface area is 174 Å². The number of amides is 3. The predicted molar refractivity (Wildman–Crippen MR) is 103 cm³/mol. The third-order valence-electron chi connectivity index (χ3n) is 4.87. The highest BCUT2D eigenvalue weighted by atomic mass is 35.5. The molecule has 4 rings (SSSR count). The normalized spacial score (nSPS) is 20.1. The Kier molecular flexibility index (Phi) is 4.94. The molecule has 2 aliphatic rings. The zero-order valence-corrected chi connectivity index (χ0v) is 16.2. The predicted octanol–water partition coefficient (Wildman–Crippen LogP) is 2.86. The Morgan fingerprint density at radius 1 is 1.17 bits per heavy atom. The first-order chi connectivity index (χ1) is 14.3. The second-order valence-corrected chi connectivity index (χ2v) is 7.17. The maximum Gasteiger partial charge on any atom is 0.263 e. The molecule has 0 saturated carbocycles. The van der Waals surface area contributed by atoms with Crippen molar-refractivity contribution in [2.75, 3.05) is 16.8 Å². The number of carbonyl (C=O) groups excluding carboxylic acids is 3. The number of nitrogens with one attached hydrogen (secondary N) is 1. The van der Waals surface area contributed by atoms with Crippen LogP contribution in [-0.2, 0) is 14.4 Å². The lowest BCUT2D eigenvalue weighted by molar-refractivity contribution is -0.123. The van der Waals surface area contributed by atoms with Crippen molar-refractivity contribution < 1.29 is 23.2 Å². The standard InChI is InChI=1S/C19H14ClF2N5O3/c1-9-11(20)3-2-4-14(9)23-15(28)8-26-17-16(24-25-26)18(29)27(19(17)30)10-5-6-12(21)13(22)7-10/h2-7,16-17H,8H2,1H3,(H,23,28)/t16-,17+/m1/s1. The van der Waals surface area contributed by atoms with Gasteiger partial charge in [0.1, 0.15) is 6.54 Å². The molecule has 2 atom stereocenters. The molecule has 1 saturated heterocycles. The van der Waals surface area contributed by atoms with E-state index in [4.69, 9.17) is 11.6 Å². The molecular weight excluding hydrogens is 420 g/mol. The maximum atomic E-state index is 13.6. The minimum Gasteiger partial charge on any atom is -0.324 e. The fourth-order valence-corrected chi connectivity index (χ4v) is 3.49. The topological polar surface area (TPSA) is 94.4 Å². The molecular formula is C19H14ClF2N5O3. The third-order valence-corrected chi connectivity index (χ3v) is 5.28. The van der Waals surface area contributed by atoms with E-state index in [9.17, 15) is 23.2 Å². The van der Waals surface area contributed by atoms with Gasteiger partial charge in [-0.05, 0) is 36.8 Å². The van der Waals surface area contributed by atoms with E-state index >= 15 is 0 Å². The number of benzene rings is 2. The second-order valence-electron chi connectivity index (χ2n) is 6.76. The van der Waals surface area contributed by atoms with Gasteiger partial charge in [-0.25, -0.2) is 13.7 Å². The van der Waals surface area contributed by atoms with Crippen molar-refractivity contribution in [2.45, 2.75) is 19.0 Å². The highest BCUT2D eigenvalue weighted by Crippen LogP contribution is 2.32. The van der Waals surface area contributed by atoms with Gasteiger partial charge in [-0.3, -0.25) is 19.4 Å². The van der Waals surface area contributed by atoms with Crippen LogP contribution in [0.5, 0.6) is 0 Å². The third kappa shape index (κ3) is 3.28. The molecule has 2 aromatic carbocycles. The summed E-state index contributed by atoms with van der Waals surface area (Å²) in [6.45, 7) is 1.39. The lowest BCUT2D eigenvalue weighted by Crippen LogP contribution is -2.43. The van der Waals surface area contributed by atoms with Crippen LogP contribution in [0.25, 0.3) is 0 Å². The summed E-state index contributed by atoms with van der Waals surface area (Å²) in [5, 5.41) is 11.8. The SMILES string of the molecule is Cc1c(Cl)cccc1NC(=O)CN1N=N[C@H]2C(=O)N(c3ccc(F)c(F)c3)C(=O)[C@H]21. The van der Waals surface area contributed by atoms with Crippen LogP contribution in [0.4, 0.5) is 20.2 Å². The van der Waals surface area contributed by atoms with E-state index < -0.39 is 41.4 Å². The number of fused-ring (bicyclic) bond motifs is 1. The van der Waals surface area contributed by atoms with Crippen molar-refractivity contribution in [1.29, 1.82) is 0 Å². The Morgan fingerprint density at radius 2 is 1.93 bits per heavy atom. The van der Waals surface area contributed by atoms with Crippen molar-refractivity contribution in [2.24, 2.45) is 10.3 Å². The van der Waals surface area contributed by atoms with Gasteiger partial charge in [-0.1, -0.05) is 22.9 Å². The largest absolute Gasteiger partial charge is 0.324 e. The summed E-state index contributed by atoms with van der Waals surface area (Å²) in [5.74, 6) is -4.25. The van der Waals surface area contributed by atoms with Crippen LogP contribution in [0.2, 0.25) is 5.02 Å². The van der Waals surface area contributed by atoms with Crippen LogP contribution in [-0.4, -0.2) is 41.4 Å². The molecule has 0 bridgehead atoms. The first-order valence-corrected chi connectivity index (χ1v) is 9.21. The fourth-order valence-electron chi connectivity index (χ4n) is 3.31. The number of hydrogen-bond acceptors (Lipinski definition) is 6. The van der Waals surface area contributed by atoms with E-state index in [1.807, 2.05) is 0 Å². The molecule has 0 radical (unpaired) electrons. The molecule has 0 aromatic heterocycles. The molecule has 3 amide bonds. The summed E-state index contributed by atoms with van der Waals surface area (Å²) in [6, 6.07) is 5.41. The van der Waals surface area contributed by atoms with E-state index in [1.165, 1.54) is 0 Å². The van der Waals surface area contributed by atoms with Gasteiger partial charge in [-0.2, -0.15) is 5.11 Å². The summed E-state index contributed by atoms with van der Waals surface area (Å²) < 4.78 is 26.7. The lowest BCUT2D eigenvalue weighted by atomic mass is 10.1. The molecule has 154 valence electrons. The molecule has 1 fully saturated rings. The molecule has 0 unspecified atom stereocenters. The minimum absolute atomic E-state index is 0.118. The van der Waals surface area contributed by atoms with E-state index in [-0.39, 0.29) is 12.2 Å². The van der Waals surface area contributed by atoms with Crippen LogP contribution < -0.4 is 10.2 Å².